The van der Waals surface area contributed by atoms with E-state index in [1.54, 1.807) is 0 Å². The Hall–Kier alpha value is -1.10. The zero-order valence-corrected chi connectivity index (χ0v) is 12.8. The van der Waals surface area contributed by atoms with Crippen LogP contribution < -0.4 is 5.32 Å². The molecule has 1 aliphatic rings. The molecule has 116 valence electrons. The Morgan fingerprint density at radius 1 is 1.30 bits per heavy atom. The Balaban J connectivity index is 2.33. The summed E-state index contributed by atoms with van der Waals surface area (Å²) in [7, 11) is 0. The smallest absolute Gasteiger partial charge is 0.311 e. The summed E-state index contributed by atoms with van der Waals surface area (Å²) in [6, 6.07) is 0. The first-order valence-corrected chi connectivity index (χ1v) is 7.59. The average Bonchev–Trinajstić information content (AvgIpc) is 2.83. The lowest BCUT2D eigenvalue weighted by Crippen LogP contribution is -2.42. The first-order chi connectivity index (χ1) is 9.43. The third-order valence-electron chi connectivity index (χ3n) is 4.44. The number of hydrogen-bond acceptors (Lipinski definition) is 3. The highest BCUT2D eigenvalue weighted by Crippen LogP contribution is 2.26. The topological polar surface area (TPSA) is 75.6 Å². The van der Waals surface area contributed by atoms with Crippen molar-refractivity contribution in [3.63, 3.8) is 0 Å². The number of carboxylic acid groups (broad SMARTS) is 1. The van der Waals surface area contributed by atoms with Crippen molar-refractivity contribution >= 4 is 11.9 Å². The van der Waals surface area contributed by atoms with Gasteiger partial charge in [0.25, 0.3) is 0 Å². The van der Waals surface area contributed by atoms with Crippen molar-refractivity contribution in [1.82, 2.24) is 5.32 Å². The SMILES string of the molecule is CCC(CC)(CNC(=O)CCC1CCC(C)O1)C(=O)O. The lowest BCUT2D eigenvalue weighted by atomic mass is 9.82. The summed E-state index contributed by atoms with van der Waals surface area (Å²) in [4.78, 5) is 23.2. The van der Waals surface area contributed by atoms with Gasteiger partial charge in [-0.2, -0.15) is 0 Å². The van der Waals surface area contributed by atoms with Crippen molar-refractivity contribution in [3.8, 4) is 0 Å². The molecule has 1 amide bonds. The van der Waals surface area contributed by atoms with Gasteiger partial charge in [-0.25, -0.2) is 0 Å². The van der Waals surface area contributed by atoms with Gasteiger partial charge in [0.1, 0.15) is 0 Å². The quantitative estimate of drug-likeness (QED) is 0.717. The van der Waals surface area contributed by atoms with E-state index >= 15 is 0 Å². The molecule has 0 aromatic heterocycles. The minimum absolute atomic E-state index is 0.0827. The highest BCUT2D eigenvalue weighted by molar-refractivity contribution is 5.79. The molecule has 5 heteroatoms. The van der Waals surface area contributed by atoms with E-state index in [1.165, 1.54) is 0 Å². The van der Waals surface area contributed by atoms with Crippen LogP contribution in [0, 0.1) is 5.41 Å². The van der Waals surface area contributed by atoms with Gasteiger partial charge in [-0.15, -0.1) is 0 Å². The molecule has 0 radical (unpaired) electrons. The number of amides is 1. The fourth-order valence-electron chi connectivity index (χ4n) is 2.62. The molecule has 1 heterocycles. The Morgan fingerprint density at radius 3 is 2.40 bits per heavy atom. The number of aliphatic carboxylic acids is 1. The van der Waals surface area contributed by atoms with Crippen molar-refractivity contribution in [2.24, 2.45) is 5.41 Å². The first-order valence-electron chi connectivity index (χ1n) is 7.59. The molecular weight excluding hydrogens is 258 g/mol. The number of carboxylic acids is 1. The molecular formula is C15H27NO4. The highest BCUT2D eigenvalue weighted by Gasteiger charge is 2.35. The Labute approximate surface area is 121 Å². The van der Waals surface area contributed by atoms with Gasteiger partial charge < -0.3 is 15.2 Å². The lowest BCUT2D eigenvalue weighted by Gasteiger charge is -2.26. The van der Waals surface area contributed by atoms with Gasteiger partial charge >= 0.3 is 5.97 Å². The zero-order valence-electron chi connectivity index (χ0n) is 12.8. The molecule has 1 aliphatic heterocycles. The van der Waals surface area contributed by atoms with Gasteiger partial charge in [-0.1, -0.05) is 13.8 Å². The summed E-state index contributed by atoms with van der Waals surface area (Å²) in [5.74, 6) is -0.920. The predicted molar refractivity (Wildman–Crippen MR) is 76.5 cm³/mol. The number of hydrogen-bond donors (Lipinski definition) is 2. The molecule has 0 saturated carbocycles. The fourth-order valence-corrected chi connectivity index (χ4v) is 2.62. The molecule has 5 nitrogen and oxygen atoms in total. The van der Waals surface area contributed by atoms with E-state index in [2.05, 4.69) is 5.32 Å². The second kappa shape index (κ2) is 7.62. The maximum Gasteiger partial charge on any atom is 0.311 e. The molecule has 1 fully saturated rings. The van der Waals surface area contributed by atoms with Gasteiger partial charge in [-0.3, -0.25) is 9.59 Å². The van der Waals surface area contributed by atoms with Gasteiger partial charge in [0.05, 0.1) is 17.6 Å². The van der Waals surface area contributed by atoms with Crippen LogP contribution in [0.5, 0.6) is 0 Å². The van der Waals surface area contributed by atoms with Crippen molar-refractivity contribution in [3.05, 3.63) is 0 Å². The molecule has 20 heavy (non-hydrogen) atoms. The molecule has 0 spiro atoms. The molecule has 0 aromatic rings. The largest absolute Gasteiger partial charge is 0.481 e. The first kappa shape index (κ1) is 17.0. The van der Waals surface area contributed by atoms with Crippen LogP contribution in [0.1, 0.15) is 59.3 Å². The van der Waals surface area contributed by atoms with E-state index in [1.807, 2.05) is 20.8 Å². The monoisotopic (exact) mass is 285 g/mol. The standard InChI is InChI=1S/C15H27NO4/c1-4-15(5-2,14(18)19)10-16-13(17)9-8-12-7-6-11(3)20-12/h11-12H,4-10H2,1-3H3,(H,16,17)(H,18,19). The fraction of sp³-hybridized carbons (Fsp3) is 0.867. The molecule has 2 unspecified atom stereocenters. The third kappa shape index (κ3) is 4.47. The molecule has 1 rings (SSSR count). The predicted octanol–water partition coefficient (Wildman–Crippen LogP) is 2.34. The molecule has 2 atom stereocenters. The summed E-state index contributed by atoms with van der Waals surface area (Å²) in [5.41, 5.74) is -0.839. The van der Waals surface area contributed by atoms with Crippen LogP contribution in [0.3, 0.4) is 0 Å². The van der Waals surface area contributed by atoms with Crippen LogP contribution in [0.15, 0.2) is 0 Å². The van der Waals surface area contributed by atoms with Crippen molar-refractivity contribution < 1.29 is 19.4 Å². The summed E-state index contributed by atoms with van der Waals surface area (Å²) >= 11 is 0. The molecule has 0 bridgehead atoms. The van der Waals surface area contributed by atoms with Gasteiger partial charge in [-0.05, 0) is 39.0 Å². The Bertz CT molecular complexity index is 339. The second-order valence-electron chi connectivity index (χ2n) is 5.75. The van der Waals surface area contributed by atoms with Crippen LogP contribution in [-0.2, 0) is 14.3 Å². The molecule has 0 aliphatic carbocycles. The van der Waals surface area contributed by atoms with Crippen LogP contribution in [0.25, 0.3) is 0 Å². The maximum atomic E-state index is 11.8. The minimum Gasteiger partial charge on any atom is -0.481 e. The van der Waals surface area contributed by atoms with Crippen LogP contribution >= 0.6 is 0 Å². The lowest BCUT2D eigenvalue weighted by molar-refractivity contribution is -0.149. The van der Waals surface area contributed by atoms with Crippen LogP contribution in [0.4, 0.5) is 0 Å². The maximum absolute atomic E-state index is 11.8. The van der Waals surface area contributed by atoms with Gasteiger partial charge in [0.2, 0.25) is 5.91 Å². The van der Waals surface area contributed by atoms with Crippen molar-refractivity contribution in [2.75, 3.05) is 6.54 Å². The van der Waals surface area contributed by atoms with E-state index in [9.17, 15) is 14.7 Å². The number of rotatable bonds is 8. The Morgan fingerprint density at radius 2 is 1.95 bits per heavy atom. The average molecular weight is 285 g/mol. The molecule has 2 N–H and O–H groups in total. The van der Waals surface area contributed by atoms with Crippen molar-refractivity contribution in [1.29, 1.82) is 0 Å². The van der Waals surface area contributed by atoms with E-state index in [0.29, 0.717) is 31.8 Å². The normalized spacial score (nSPS) is 22.8. The number of nitrogens with one attached hydrogen (secondary N) is 1. The molecule has 1 saturated heterocycles. The molecule has 0 aromatic carbocycles. The van der Waals surface area contributed by atoms with Crippen LogP contribution in [0.2, 0.25) is 0 Å². The Kier molecular flexibility index (Phi) is 6.46. The van der Waals surface area contributed by atoms with E-state index < -0.39 is 11.4 Å². The second-order valence-corrected chi connectivity index (χ2v) is 5.75. The van der Waals surface area contributed by atoms with E-state index in [-0.39, 0.29) is 18.6 Å². The van der Waals surface area contributed by atoms with Gasteiger partial charge in [0, 0.05) is 13.0 Å². The number of carbonyl (C=O) groups excluding carboxylic acids is 1. The summed E-state index contributed by atoms with van der Waals surface area (Å²) in [6.07, 6.45) is 4.69. The number of ether oxygens (including phenoxy) is 1. The van der Waals surface area contributed by atoms with Gasteiger partial charge in [0.15, 0.2) is 0 Å². The summed E-state index contributed by atoms with van der Waals surface area (Å²) < 4.78 is 5.66. The summed E-state index contributed by atoms with van der Waals surface area (Å²) in [5, 5.41) is 12.1. The van der Waals surface area contributed by atoms with E-state index in [4.69, 9.17) is 4.74 Å². The van der Waals surface area contributed by atoms with Crippen molar-refractivity contribution in [2.45, 2.75) is 71.5 Å². The third-order valence-corrected chi connectivity index (χ3v) is 4.44. The minimum atomic E-state index is -0.839. The summed E-state index contributed by atoms with van der Waals surface area (Å²) in [6.45, 7) is 5.94. The van der Waals surface area contributed by atoms with E-state index in [0.717, 1.165) is 12.8 Å². The zero-order chi connectivity index (χ0) is 15.2. The van der Waals surface area contributed by atoms with Crippen LogP contribution in [-0.4, -0.2) is 35.7 Å². The highest BCUT2D eigenvalue weighted by atomic mass is 16.5. The number of carbonyl (C=O) groups is 2.